The maximum absolute atomic E-state index is 12.8. The molecule has 0 fully saturated rings. The first-order chi connectivity index (χ1) is 16.7. The van der Waals surface area contributed by atoms with Gasteiger partial charge >= 0.3 is 5.97 Å². The highest BCUT2D eigenvalue weighted by Gasteiger charge is 2.26. The molecule has 1 aromatic heterocycles. The second-order valence-electron chi connectivity index (χ2n) is 7.16. The summed E-state index contributed by atoms with van der Waals surface area (Å²) in [7, 11) is 0. The van der Waals surface area contributed by atoms with Crippen LogP contribution in [0.5, 0.6) is 17.2 Å². The summed E-state index contributed by atoms with van der Waals surface area (Å²) in [6.07, 6.45) is 1.08. The van der Waals surface area contributed by atoms with Crippen LogP contribution in [0, 0.1) is 27.2 Å². The van der Waals surface area contributed by atoms with Gasteiger partial charge in [-0.3, -0.25) is 25.0 Å². The highest BCUT2D eigenvalue weighted by atomic mass is 35.5. The number of benzene rings is 3. The fourth-order valence-electron chi connectivity index (χ4n) is 3.22. The molecule has 0 saturated carbocycles. The molecule has 11 nitrogen and oxygen atoms in total. The summed E-state index contributed by atoms with van der Waals surface area (Å²) < 4.78 is 16.2. The molecule has 0 amide bonds. The number of hydrogen-bond acceptors (Lipinski definition) is 9. The molecule has 176 valence electrons. The van der Waals surface area contributed by atoms with E-state index in [1.165, 1.54) is 25.1 Å². The van der Waals surface area contributed by atoms with Gasteiger partial charge in [0.05, 0.1) is 25.8 Å². The number of carbonyl (C=O) groups excluding carboxylic acids is 1. The topological polar surface area (TPSA) is 152 Å². The molecule has 0 radical (unpaired) electrons. The van der Waals surface area contributed by atoms with Crippen molar-refractivity contribution in [3.8, 4) is 17.2 Å². The number of para-hydroxylation sites is 1. The normalized spacial score (nSPS) is 10.7. The summed E-state index contributed by atoms with van der Waals surface area (Å²) in [6, 6.07) is 12.2. The summed E-state index contributed by atoms with van der Waals surface area (Å²) in [5.41, 5.74) is -2.22. The Bertz CT molecular complexity index is 1540. The van der Waals surface area contributed by atoms with Crippen molar-refractivity contribution in [3.63, 3.8) is 0 Å². The van der Waals surface area contributed by atoms with Gasteiger partial charge in [-0.15, -0.1) is 0 Å². The smallest absolute Gasteiger partial charge is 0.344 e. The number of nitrogens with zero attached hydrogens (tertiary/aromatic N) is 2. The van der Waals surface area contributed by atoms with Crippen LogP contribution in [0.1, 0.15) is 15.9 Å². The van der Waals surface area contributed by atoms with Crippen LogP contribution in [-0.4, -0.2) is 15.8 Å². The van der Waals surface area contributed by atoms with Crippen molar-refractivity contribution in [2.24, 2.45) is 0 Å². The molecule has 0 aliphatic heterocycles. The van der Waals surface area contributed by atoms with E-state index in [4.69, 9.17) is 25.5 Å². The van der Waals surface area contributed by atoms with E-state index in [-0.39, 0.29) is 39.3 Å². The van der Waals surface area contributed by atoms with E-state index in [0.29, 0.717) is 5.02 Å². The molecule has 0 N–H and O–H groups in total. The molecule has 0 unspecified atom stereocenters. The largest absolute Gasteiger partial charge is 0.460 e. The van der Waals surface area contributed by atoms with E-state index in [1.54, 1.807) is 24.3 Å². The Labute approximate surface area is 200 Å². The molecule has 4 rings (SSSR count). The van der Waals surface area contributed by atoms with Gasteiger partial charge in [-0.2, -0.15) is 0 Å². The second-order valence-corrected chi connectivity index (χ2v) is 7.57. The maximum Gasteiger partial charge on any atom is 0.344 e. The Morgan fingerprint density at radius 1 is 0.971 bits per heavy atom. The molecule has 0 aliphatic carbocycles. The first-order valence-corrected chi connectivity index (χ1v) is 10.2. The van der Waals surface area contributed by atoms with Gasteiger partial charge in [0.2, 0.25) is 11.2 Å². The number of nitro benzene ring substituents is 2. The fraction of sp³-hybridized carbons (Fsp3) is 0.0435. The predicted octanol–water partition coefficient (Wildman–Crippen LogP) is 5.58. The minimum atomic E-state index is -1.07. The lowest BCUT2D eigenvalue weighted by Gasteiger charge is -2.08. The van der Waals surface area contributed by atoms with Crippen LogP contribution < -0.4 is 14.9 Å². The number of ether oxygens (including phenoxy) is 2. The van der Waals surface area contributed by atoms with Gasteiger partial charge in [0.25, 0.3) is 11.4 Å². The molecule has 0 aliphatic rings. The van der Waals surface area contributed by atoms with Gasteiger partial charge < -0.3 is 13.9 Å². The van der Waals surface area contributed by atoms with Crippen LogP contribution in [0.2, 0.25) is 5.02 Å². The third-order valence-electron chi connectivity index (χ3n) is 4.96. The average molecular weight is 497 g/mol. The lowest BCUT2D eigenvalue weighted by Crippen LogP contribution is -2.11. The number of hydrogen-bond donors (Lipinski definition) is 0. The van der Waals surface area contributed by atoms with Crippen molar-refractivity contribution in [2.75, 3.05) is 0 Å². The monoisotopic (exact) mass is 496 g/mol. The van der Waals surface area contributed by atoms with Crippen LogP contribution >= 0.6 is 11.6 Å². The lowest BCUT2D eigenvalue weighted by molar-refractivity contribution is -0.395. The van der Waals surface area contributed by atoms with E-state index in [2.05, 4.69) is 0 Å². The van der Waals surface area contributed by atoms with Gasteiger partial charge in [0.15, 0.2) is 0 Å². The first kappa shape index (κ1) is 23.4. The minimum absolute atomic E-state index is 0.0590. The van der Waals surface area contributed by atoms with Crippen LogP contribution in [0.3, 0.4) is 0 Å². The third-order valence-corrected chi connectivity index (χ3v) is 5.28. The van der Waals surface area contributed by atoms with E-state index in [1.807, 2.05) is 0 Å². The number of rotatable bonds is 6. The number of nitro groups is 2. The predicted molar refractivity (Wildman–Crippen MR) is 123 cm³/mol. The molecule has 1 heterocycles. The molecule has 0 atom stereocenters. The van der Waals surface area contributed by atoms with E-state index < -0.39 is 32.6 Å². The summed E-state index contributed by atoms with van der Waals surface area (Å²) in [5, 5.41) is 22.9. The molecule has 12 heteroatoms. The van der Waals surface area contributed by atoms with Crippen molar-refractivity contribution in [1.82, 2.24) is 0 Å². The molecular weight excluding hydrogens is 484 g/mol. The van der Waals surface area contributed by atoms with Crippen molar-refractivity contribution in [3.05, 3.63) is 107 Å². The average Bonchev–Trinajstić information content (AvgIpc) is 2.82. The number of fused-ring (bicyclic) bond motifs is 1. The van der Waals surface area contributed by atoms with Crippen LogP contribution in [0.15, 0.2) is 70.1 Å². The SMILES string of the molecule is Cc1c([N+](=O)[O-])cc(C(=O)Oc2ccc3c(=O)c(Oc4ccccc4Cl)coc3c2)cc1[N+](=O)[O-]. The van der Waals surface area contributed by atoms with Gasteiger partial charge in [-0.1, -0.05) is 23.7 Å². The number of esters is 1. The Hall–Kier alpha value is -4.77. The summed E-state index contributed by atoms with van der Waals surface area (Å²) in [4.78, 5) is 46.2. The van der Waals surface area contributed by atoms with Gasteiger partial charge in [0, 0.05) is 18.2 Å². The molecule has 0 spiro atoms. The Kier molecular flexibility index (Phi) is 6.17. The minimum Gasteiger partial charge on any atom is -0.460 e. The molecule has 0 saturated heterocycles. The summed E-state index contributed by atoms with van der Waals surface area (Å²) >= 11 is 6.05. The molecule has 3 aromatic carbocycles. The quantitative estimate of drug-likeness (QED) is 0.144. The Morgan fingerprint density at radius 2 is 1.63 bits per heavy atom. The molecular formula is C23H13ClN2O9. The second kappa shape index (κ2) is 9.23. The zero-order chi connectivity index (χ0) is 25.3. The Morgan fingerprint density at radius 3 is 2.26 bits per heavy atom. The zero-order valence-corrected chi connectivity index (χ0v) is 18.5. The standard InChI is InChI=1S/C23H13ClN2O9/c1-12-17(25(29)30)8-13(9-18(12)26(31)32)23(28)34-14-6-7-15-20(10-14)33-11-21(22(15)27)35-19-5-3-2-4-16(19)24/h2-11H,1H3. The highest BCUT2D eigenvalue weighted by molar-refractivity contribution is 6.32. The third kappa shape index (κ3) is 4.66. The van der Waals surface area contributed by atoms with Crippen LogP contribution in [-0.2, 0) is 0 Å². The van der Waals surface area contributed by atoms with Gasteiger partial charge in [-0.25, -0.2) is 4.79 Å². The fourth-order valence-corrected chi connectivity index (χ4v) is 3.39. The highest BCUT2D eigenvalue weighted by Crippen LogP contribution is 2.31. The number of halogens is 1. The lowest BCUT2D eigenvalue weighted by atomic mass is 10.1. The molecule has 0 bridgehead atoms. The van der Waals surface area contributed by atoms with Gasteiger partial charge in [0.1, 0.15) is 28.9 Å². The van der Waals surface area contributed by atoms with E-state index in [9.17, 15) is 29.8 Å². The molecule has 4 aromatic rings. The Balaban J connectivity index is 1.64. The summed E-state index contributed by atoms with van der Waals surface area (Å²) in [6.45, 7) is 1.21. The zero-order valence-electron chi connectivity index (χ0n) is 17.7. The van der Waals surface area contributed by atoms with E-state index in [0.717, 1.165) is 18.4 Å². The van der Waals surface area contributed by atoms with Crippen LogP contribution in [0.4, 0.5) is 11.4 Å². The van der Waals surface area contributed by atoms with E-state index >= 15 is 0 Å². The summed E-state index contributed by atoms with van der Waals surface area (Å²) in [5.74, 6) is -0.991. The van der Waals surface area contributed by atoms with Crippen molar-refractivity contribution >= 4 is 39.9 Å². The van der Waals surface area contributed by atoms with Gasteiger partial charge in [-0.05, 0) is 31.2 Å². The molecule has 35 heavy (non-hydrogen) atoms. The van der Waals surface area contributed by atoms with Crippen molar-refractivity contribution in [2.45, 2.75) is 6.92 Å². The van der Waals surface area contributed by atoms with Crippen molar-refractivity contribution in [1.29, 1.82) is 0 Å². The maximum atomic E-state index is 12.8. The van der Waals surface area contributed by atoms with Crippen molar-refractivity contribution < 1.29 is 28.5 Å². The first-order valence-electron chi connectivity index (χ1n) is 9.79. The van der Waals surface area contributed by atoms with Crippen LogP contribution in [0.25, 0.3) is 11.0 Å². The number of carbonyl (C=O) groups is 1.